The topological polar surface area (TPSA) is 82.3 Å². The molecule has 2 aromatic rings. The van der Waals surface area contributed by atoms with E-state index in [0.717, 1.165) is 5.56 Å². The summed E-state index contributed by atoms with van der Waals surface area (Å²) in [7, 11) is 0. The zero-order chi connectivity index (χ0) is 17.2. The Morgan fingerprint density at radius 2 is 1.50 bits per heavy atom. The van der Waals surface area contributed by atoms with Crippen LogP contribution < -0.4 is 21.5 Å². The van der Waals surface area contributed by atoms with Crippen molar-refractivity contribution in [2.75, 3.05) is 5.32 Å². The highest BCUT2D eigenvalue weighted by molar-refractivity contribution is 7.80. The second-order valence-electron chi connectivity index (χ2n) is 4.63. The van der Waals surface area contributed by atoms with Crippen LogP contribution in [0.3, 0.4) is 0 Å². The molecule has 3 amide bonds. The van der Waals surface area contributed by atoms with E-state index in [4.69, 9.17) is 12.2 Å². The van der Waals surface area contributed by atoms with Crippen molar-refractivity contribution in [2.45, 2.75) is 0 Å². The number of rotatable bonds is 3. The van der Waals surface area contributed by atoms with Crippen molar-refractivity contribution in [1.29, 1.82) is 0 Å². The van der Waals surface area contributed by atoms with Crippen LogP contribution in [0.5, 0.6) is 0 Å². The molecule has 0 aliphatic rings. The van der Waals surface area contributed by atoms with E-state index >= 15 is 0 Å². The minimum Gasteiger partial charge on any atom is -0.307 e. The summed E-state index contributed by atoms with van der Waals surface area (Å²) in [5, 5.41) is 5.01. The molecule has 0 aromatic heterocycles. The van der Waals surface area contributed by atoms with Gasteiger partial charge in [0.25, 0.3) is 0 Å². The number of hydrogen-bond donors (Lipinski definition) is 4. The van der Waals surface area contributed by atoms with Gasteiger partial charge in [-0.05, 0) is 36.0 Å². The van der Waals surface area contributed by atoms with Gasteiger partial charge in [-0.1, -0.05) is 48.5 Å². The molecule has 0 fully saturated rings. The van der Waals surface area contributed by atoms with Gasteiger partial charge < -0.3 is 5.32 Å². The van der Waals surface area contributed by atoms with E-state index in [1.165, 1.54) is 6.08 Å². The Morgan fingerprint density at radius 3 is 2.17 bits per heavy atom. The van der Waals surface area contributed by atoms with Crippen LogP contribution in [0.1, 0.15) is 5.56 Å². The van der Waals surface area contributed by atoms with E-state index in [1.807, 2.05) is 36.4 Å². The van der Waals surface area contributed by atoms with E-state index in [9.17, 15) is 9.59 Å². The zero-order valence-corrected chi connectivity index (χ0v) is 13.5. The summed E-state index contributed by atoms with van der Waals surface area (Å²) < 4.78 is 0. The highest BCUT2D eigenvalue weighted by atomic mass is 32.1. The first-order valence-corrected chi connectivity index (χ1v) is 7.50. The minimum absolute atomic E-state index is 0.0130. The molecule has 2 rings (SSSR count). The molecular formula is C17H16N4O2S. The van der Waals surface area contributed by atoms with Crippen LogP contribution in [-0.4, -0.2) is 17.1 Å². The van der Waals surface area contributed by atoms with E-state index < -0.39 is 11.9 Å². The molecule has 0 saturated heterocycles. The van der Waals surface area contributed by atoms with E-state index in [2.05, 4.69) is 21.5 Å². The average molecular weight is 340 g/mol. The number of anilines is 1. The Hall–Kier alpha value is -3.19. The van der Waals surface area contributed by atoms with Crippen LogP contribution in [0.25, 0.3) is 6.08 Å². The molecule has 6 nitrogen and oxygen atoms in total. The molecule has 7 heteroatoms. The molecule has 0 aliphatic carbocycles. The van der Waals surface area contributed by atoms with E-state index in [0.29, 0.717) is 5.69 Å². The maximum Gasteiger partial charge on any atom is 0.337 e. The lowest BCUT2D eigenvalue weighted by Gasteiger charge is -2.10. The lowest BCUT2D eigenvalue weighted by molar-refractivity contribution is -0.115. The molecule has 122 valence electrons. The minimum atomic E-state index is -0.502. The number of amides is 3. The fraction of sp³-hybridized carbons (Fsp3) is 0. The van der Waals surface area contributed by atoms with Gasteiger partial charge >= 0.3 is 6.03 Å². The first-order valence-electron chi connectivity index (χ1n) is 7.09. The molecule has 4 N–H and O–H groups in total. The third kappa shape index (κ3) is 6.29. The van der Waals surface area contributed by atoms with Crippen LogP contribution in [-0.2, 0) is 4.79 Å². The summed E-state index contributed by atoms with van der Waals surface area (Å²) in [6.07, 6.45) is 3.01. The number of hydrazine groups is 1. The maximum atomic E-state index is 11.7. The maximum absolute atomic E-state index is 11.7. The standard InChI is InChI=1S/C17H16N4O2S/c22-15(12-11-13-7-3-1-4-8-13)19-17(24)21-20-16(23)18-14-9-5-2-6-10-14/h1-12H,(H2,18,20,23)(H2,19,21,22,24). The molecule has 0 atom stereocenters. The average Bonchev–Trinajstić information content (AvgIpc) is 2.60. The Bertz CT molecular complexity index is 733. The molecule has 0 spiro atoms. The Balaban J connectivity index is 1.71. The van der Waals surface area contributed by atoms with Gasteiger partial charge in [0.15, 0.2) is 5.11 Å². The number of thiocarbonyl (C=S) groups is 1. The number of carbonyl (C=O) groups excluding carboxylic acids is 2. The summed E-state index contributed by atoms with van der Waals surface area (Å²) in [6, 6.07) is 17.8. The van der Waals surface area contributed by atoms with Gasteiger partial charge in [0.2, 0.25) is 5.91 Å². The van der Waals surface area contributed by atoms with Gasteiger partial charge in [0.05, 0.1) is 0 Å². The highest BCUT2D eigenvalue weighted by Gasteiger charge is 2.03. The van der Waals surface area contributed by atoms with E-state index in [-0.39, 0.29) is 5.11 Å². The van der Waals surface area contributed by atoms with Crippen molar-refractivity contribution in [1.82, 2.24) is 16.2 Å². The van der Waals surface area contributed by atoms with Crippen LogP contribution in [0.2, 0.25) is 0 Å². The van der Waals surface area contributed by atoms with Crippen molar-refractivity contribution < 1.29 is 9.59 Å². The molecule has 24 heavy (non-hydrogen) atoms. The van der Waals surface area contributed by atoms with Crippen LogP contribution in [0, 0.1) is 0 Å². The zero-order valence-electron chi connectivity index (χ0n) is 12.7. The molecule has 2 aromatic carbocycles. The number of carbonyl (C=O) groups is 2. The summed E-state index contributed by atoms with van der Waals surface area (Å²) >= 11 is 4.92. The number of urea groups is 1. The predicted octanol–water partition coefficient (Wildman–Crippen LogP) is 2.43. The Kier molecular flexibility index (Phi) is 6.48. The third-order valence-electron chi connectivity index (χ3n) is 2.78. The highest BCUT2D eigenvalue weighted by Crippen LogP contribution is 2.03. The van der Waals surface area contributed by atoms with Gasteiger partial charge in [0, 0.05) is 11.8 Å². The Labute approximate surface area is 144 Å². The first-order chi connectivity index (χ1) is 11.6. The summed E-state index contributed by atoms with van der Waals surface area (Å²) in [4.78, 5) is 23.4. The van der Waals surface area contributed by atoms with Crippen molar-refractivity contribution >= 4 is 41.0 Å². The summed E-state index contributed by atoms with van der Waals surface area (Å²) in [5.41, 5.74) is 6.30. The first kappa shape index (κ1) is 17.2. The van der Waals surface area contributed by atoms with Gasteiger partial charge in [-0.15, -0.1) is 0 Å². The van der Waals surface area contributed by atoms with Crippen molar-refractivity contribution in [3.05, 3.63) is 72.3 Å². The second kappa shape index (κ2) is 9.06. The molecule has 0 radical (unpaired) electrons. The van der Waals surface area contributed by atoms with Crippen molar-refractivity contribution in [3.8, 4) is 0 Å². The van der Waals surface area contributed by atoms with Crippen LogP contribution in [0.15, 0.2) is 66.7 Å². The second-order valence-corrected chi connectivity index (χ2v) is 5.04. The molecular weight excluding hydrogens is 324 g/mol. The Morgan fingerprint density at radius 1 is 0.875 bits per heavy atom. The third-order valence-corrected chi connectivity index (χ3v) is 2.99. The lowest BCUT2D eigenvalue weighted by atomic mass is 10.2. The largest absolute Gasteiger partial charge is 0.337 e. The molecule has 0 saturated carbocycles. The smallest absolute Gasteiger partial charge is 0.307 e. The van der Waals surface area contributed by atoms with Gasteiger partial charge in [0.1, 0.15) is 0 Å². The van der Waals surface area contributed by atoms with Gasteiger partial charge in [-0.3, -0.25) is 15.5 Å². The molecule has 0 unspecified atom stereocenters. The van der Waals surface area contributed by atoms with Crippen LogP contribution >= 0.6 is 12.2 Å². The normalized spacial score (nSPS) is 10.0. The quantitative estimate of drug-likeness (QED) is 0.393. The monoisotopic (exact) mass is 340 g/mol. The van der Waals surface area contributed by atoms with E-state index in [1.54, 1.807) is 30.3 Å². The van der Waals surface area contributed by atoms with Gasteiger partial charge in [-0.25, -0.2) is 10.2 Å². The summed E-state index contributed by atoms with van der Waals surface area (Å²) in [6.45, 7) is 0. The van der Waals surface area contributed by atoms with Gasteiger partial charge in [-0.2, -0.15) is 0 Å². The lowest BCUT2D eigenvalue weighted by Crippen LogP contribution is -2.49. The number of hydrogen-bond acceptors (Lipinski definition) is 3. The molecule has 0 heterocycles. The van der Waals surface area contributed by atoms with Crippen molar-refractivity contribution in [3.63, 3.8) is 0 Å². The fourth-order valence-corrected chi connectivity index (χ4v) is 1.87. The van der Waals surface area contributed by atoms with Crippen LogP contribution in [0.4, 0.5) is 10.5 Å². The molecule has 0 bridgehead atoms. The number of benzene rings is 2. The fourth-order valence-electron chi connectivity index (χ4n) is 1.72. The number of para-hydroxylation sites is 1. The summed E-state index contributed by atoms with van der Waals surface area (Å²) in [5.74, 6) is -0.401. The molecule has 0 aliphatic heterocycles. The predicted molar refractivity (Wildman–Crippen MR) is 97.9 cm³/mol. The number of nitrogens with one attached hydrogen (secondary N) is 4. The van der Waals surface area contributed by atoms with Crippen molar-refractivity contribution in [2.24, 2.45) is 0 Å². The SMILES string of the molecule is O=C(C=Cc1ccccc1)NC(=S)NNC(=O)Nc1ccccc1.